The van der Waals surface area contributed by atoms with Crippen molar-refractivity contribution < 1.29 is 39.1 Å². The summed E-state index contributed by atoms with van der Waals surface area (Å²) in [5, 5.41) is 29.5. The fraction of sp³-hybridized carbons (Fsp3) is 0.630. The van der Waals surface area contributed by atoms with E-state index in [0.29, 0.717) is 18.6 Å². The molecule has 0 bridgehead atoms. The second-order valence-corrected chi connectivity index (χ2v) is 9.59. The highest BCUT2D eigenvalue weighted by atomic mass is 16.7. The number of aromatic amines is 1. The van der Waals surface area contributed by atoms with Crippen molar-refractivity contribution in [2.45, 2.75) is 102 Å². The number of benzene rings is 1. The molecule has 0 amide bonds. The highest BCUT2D eigenvalue weighted by molar-refractivity contribution is 6.04. The van der Waals surface area contributed by atoms with E-state index in [-0.39, 0.29) is 12.8 Å². The van der Waals surface area contributed by atoms with Crippen molar-refractivity contribution in [3.8, 4) is 0 Å². The molecule has 1 fully saturated rings. The fourth-order valence-electron chi connectivity index (χ4n) is 4.54. The maximum absolute atomic E-state index is 12.7. The Morgan fingerprint density at radius 3 is 2.56 bits per heavy atom. The van der Waals surface area contributed by atoms with Gasteiger partial charge in [-0.3, -0.25) is 4.79 Å². The van der Waals surface area contributed by atoms with E-state index in [4.69, 9.17) is 19.3 Å². The second kappa shape index (κ2) is 14.3. The van der Waals surface area contributed by atoms with E-state index in [0.717, 1.165) is 55.8 Å². The minimum absolute atomic E-state index is 0.186. The Labute approximate surface area is 211 Å². The Hall–Kier alpha value is -2.46. The van der Waals surface area contributed by atoms with E-state index >= 15 is 0 Å². The van der Waals surface area contributed by atoms with Crippen molar-refractivity contribution in [2.75, 3.05) is 6.61 Å². The van der Waals surface area contributed by atoms with Crippen LogP contribution in [0.2, 0.25) is 0 Å². The molecule has 1 aromatic carbocycles. The zero-order valence-corrected chi connectivity index (χ0v) is 20.9. The number of carboxylic acids is 1. The molecule has 1 aromatic heterocycles. The maximum Gasteiger partial charge on any atom is 0.340 e. The summed E-state index contributed by atoms with van der Waals surface area (Å²) in [6, 6.07) is 7.51. The molecule has 1 aliphatic heterocycles. The van der Waals surface area contributed by atoms with Gasteiger partial charge in [-0.05, 0) is 25.8 Å². The lowest BCUT2D eigenvalue weighted by Gasteiger charge is -2.37. The Kier molecular flexibility index (Phi) is 11.2. The van der Waals surface area contributed by atoms with Gasteiger partial charge in [-0.15, -0.1) is 0 Å². The van der Waals surface area contributed by atoms with Crippen LogP contribution in [0.4, 0.5) is 0 Å². The quantitative estimate of drug-likeness (QED) is 0.209. The Morgan fingerprint density at radius 2 is 1.81 bits per heavy atom. The van der Waals surface area contributed by atoms with Gasteiger partial charge < -0.3 is 34.5 Å². The van der Waals surface area contributed by atoms with Crippen molar-refractivity contribution in [3.63, 3.8) is 0 Å². The van der Waals surface area contributed by atoms with E-state index in [2.05, 4.69) is 4.98 Å². The minimum atomic E-state index is -0.963. The summed E-state index contributed by atoms with van der Waals surface area (Å²) in [6.07, 6.45) is 5.80. The van der Waals surface area contributed by atoms with Crippen LogP contribution in [0, 0.1) is 0 Å². The van der Waals surface area contributed by atoms with Gasteiger partial charge in [0.05, 0.1) is 24.2 Å². The number of unbranched alkanes of at least 4 members (excludes halogenated alkanes) is 6. The fourth-order valence-corrected chi connectivity index (χ4v) is 4.54. The number of H-pyrrole nitrogens is 1. The first kappa shape index (κ1) is 28.1. The number of esters is 1. The molecule has 3 rings (SSSR count). The third kappa shape index (κ3) is 8.58. The van der Waals surface area contributed by atoms with Crippen LogP contribution in [0.5, 0.6) is 0 Å². The van der Waals surface area contributed by atoms with E-state index in [9.17, 15) is 19.8 Å². The number of ether oxygens (including phenoxy) is 3. The number of rotatable bonds is 15. The summed E-state index contributed by atoms with van der Waals surface area (Å²) >= 11 is 0. The van der Waals surface area contributed by atoms with Crippen LogP contribution >= 0.6 is 0 Å². The number of nitrogens with one attached hydrogen (secondary N) is 1. The first-order chi connectivity index (χ1) is 17.3. The molecular formula is C27H39NO8. The lowest BCUT2D eigenvalue weighted by Crippen LogP contribution is -2.48. The summed E-state index contributed by atoms with van der Waals surface area (Å²) in [6.45, 7) is 2.30. The van der Waals surface area contributed by atoms with Crippen LogP contribution in [-0.2, 0) is 19.0 Å². The number of aliphatic carboxylic acids is 1. The molecule has 0 radical (unpaired) electrons. The summed E-state index contributed by atoms with van der Waals surface area (Å²) < 4.78 is 17.2. The van der Waals surface area contributed by atoms with Gasteiger partial charge in [0, 0.05) is 30.1 Å². The van der Waals surface area contributed by atoms with Crippen molar-refractivity contribution in [3.05, 3.63) is 36.0 Å². The van der Waals surface area contributed by atoms with E-state index in [1.165, 1.54) is 0 Å². The predicted octanol–water partition coefficient (Wildman–Crippen LogP) is 4.16. The first-order valence-electron chi connectivity index (χ1n) is 13.0. The van der Waals surface area contributed by atoms with Crippen LogP contribution in [-0.4, -0.2) is 69.6 Å². The van der Waals surface area contributed by atoms with E-state index < -0.39 is 42.6 Å². The number of para-hydroxylation sites is 1. The monoisotopic (exact) mass is 505 g/mol. The molecule has 0 saturated carbocycles. The first-order valence-corrected chi connectivity index (χ1v) is 13.0. The van der Waals surface area contributed by atoms with Crippen molar-refractivity contribution >= 4 is 22.8 Å². The molecule has 5 atom stereocenters. The second-order valence-electron chi connectivity index (χ2n) is 9.59. The molecule has 200 valence electrons. The highest BCUT2D eigenvalue weighted by Crippen LogP contribution is 2.26. The molecule has 0 unspecified atom stereocenters. The normalized spacial score (nSPS) is 23.0. The number of aliphatic hydroxyl groups excluding tert-OH is 2. The molecule has 0 aliphatic carbocycles. The van der Waals surface area contributed by atoms with Gasteiger partial charge in [-0.2, -0.15) is 0 Å². The third-order valence-corrected chi connectivity index (χ3v) is 6.60. The molecular weight excluding hydrogens is 466 g/mol. The topological polar surface area (TPSA) is 138 Å². The number of aromatic nitrogens is 1. The molecule has 1 aliphatic rings. The zero-order valence-electron chi connectivity index (χ0n) is 20.9. The maximum atomic E-state index is 12.7. The zero-order chi connectivity index (χ0) is 25.9. The standard InChI is InChI=1S/C27H39NO8/c1-18-24(36-26(33)21-17-28-22-13-9-8-12-20(21)22)16-23(30)27(35-18)34-14-10-6-4-2-3-5-7-11-19(29)15-25(31)32/h8-9,12-13,17-19,23-24,27-30H,2-7,10-11,14-16H2,1H3,(H,31,32)/t18-,19+,23+,24+,27+/m0/s1. The van der Waals surface area contributed by atoms with Crippen LogP contribution < -0.4 is 0 Å². The van der Waals surface area contributed by atoms with Crippen molar-refractivity contribution in [2.24, 2.45) is 0 Å². The molecule has 0 spiro atoms. The third-order valence-electron chi connectivity index (χ3n) is 6.60. The van der Waals surface area contributed by atoms with E-state index in [1.54, 1.807) is 6.20 Å². The number of carboxylic acid groups (broad SMARTS) is 1. The summed E-state index contributed by atoms with van der Waals surface area (Å²) in [4.78, 5) is 26.3. The van der Waals surface area contributed by atoms with Crippen LogP contribution in [0.15, 0.2) is 30.5 Å². The molecule has 9 heteroatoms. The van der Waals surface area contributed by atoms with Crippen molar-refractivity contribution in [1.29, 1.82) is 0 Å². The molecule has 1 saturated heterocycles. The Bertz CT molecular complexity index is 960. The minimum Gasteiger partial charge on any atom is -0.481 e. The van der Waals surface area contributed by atoms with Crippen molar-refractivity contribution in [1.82, 2.24) is 4.98 Å². The predicted molar refractivity (Wildman–Crippen MR) is 134 cm³/mol. The van der Waals surface area contributed by atoms with Crippen LogP contribution in [0.1, 0.15) is 81.5 Å². The molecule has 9 nitrogen and oxygen atoms in total. The Morgan fingerprint density at radius 1 is 1.11 bits per heavy atom. The van der Waals surface area contributed by atoms with Gasteiger partial charge >= 0.3 is 11.9 Å². The molecule has 36 heavy (non-hydrogen) atoms. The summed E-state index contributed by atoms with van der Waals surface area (Å²) in [7, 11) is 0. The smallest absolute Gasteiger partial charge is 0.340 e. The van der Waals surface area contributed by atoms with Gasteiger partial charge in [0.15, 0.2) is 6.29 Å². The number of hydrogen-bond donors (Lipinski definition) is 4. The van der Waals surface area contributed by atoms with Gasteiger partial charge in [0.25, 0.3) is 0 Å². The Balaban J connectivity index is 1.26. The number of aliphatic hydroxyl groups is 2. The number of carbonyl (C=O) groups excluding carboxylic acids is 1. The molecule has 2 heterocycles. The van der Waals surface area contributed by atoms with Gasteiger partial charge in [0.2, 0.25) is 0 Å². The van der Waals surface area contributed by atoms with Crippen LogP contribution in [0.25, 0.3) is 10.9 Å². The lowest BCUT2D eigenvalue weighted by molar-refractivity contribution is -0.260. The number of carbonyl (C=O) groups is 2. The van der Waals surface area contributed by atoms with Gasteiger partial charge in [0.1, 0.15) is 12.2 Å². The lowest BCUT2D eigenvalue weighted by atomic mass is 10.0. The highest BCUT2D eigenvalue weighted by Gasteiger charge is 2.38. The number of fused-ring (bicyclic) bond motifs is 1. The molecule has 4 N–H and O–H groups in total. The van der Waals surface area contributed by atoms with Gasteiger partial charge in [-0.25, -0.2) is 4.79 Å². The number of hydrogen-bond acceptors (Lipinski definition) is 7. The largest absolute Gasteiger partial charge is 0.481 e. The summed E-state index contributed by atoms with van der Waals surface area (Å²) in [5.74, 6) is -1.41. The SMILES string of the molecule is C[C@@H]1O[C@@H](OCCCCCCCCC[C@@H](O)CC(=O)O)[C@H](O)C[C@H]1OC(=O)c1c[nH]c2ccccc12. The average molecular weight is 506 g/mol. The average Bonchev–Trinajstić information content (AvgIpc) is 3.27. The summed E-state index contributed by atoms with van der Waals surface area (Å²) in [5.41, 5.74) is 1.32. The molecule has 2 aromatic rings. The van der Waals surface area contributed by atoms with Crippen LogP contribution in [0.3, 0.4) is 0 Å². The van der Waals surface area contributed by atoms with E-state index in [1.807, 2.05) is 31.2 Å². The van der Waals surface area contributed by atoms with Gasteiger partial charge in [-0.1, -0.05) is 56.7 Å².